The van der Waals surface area contributed by atoms with Gasteiger partial charge in [-0.15, -0.1) is 0 Å². The Hall–Kier alpha value is -8.46. The summed E-state index contributed by atoms with van der Waals surface area (Å²) in [5.41, 5.74) is 19.0. The molecular weight excluding hydrogens is 833 g/mol. The monoisotopic (exact) mass is 888 g/mol. The van der Waals surface area contributed by atoms with Crippen molar-refractivity contribution in [1.82, 2.24) is 0 Å². The Kier molecular flexibility index (Phi) is 13.2. The molecule has 0 aromatic heterocycles. The minimum Gasteiger partial charge on any atom is -0.378 e. The molecule has 334 valence electrons. The number of hydrogen-bond acceptors (Lipinski definition) is 2. The van der Waals surface area contributed by atoms with Crippen LogP contribution in [0.25, 0.3) is 60.9 Å². The molecule has 0 saturated heterocycles. The fourth-order valence-electron chi connectivity index (χ4n) is 9.64. The number of allylic oxidation sites excluding steroid dienone is 2. The van der Waals surface area contributed by atoms with E-state index in [-0.39, 0.29) is 11.5 Å². The molecule has 0 saturated carbocycles. The lowest BCUT2D eigenvalue weighted by Gasteiger charge is -2.30. The highest BCUT2D eigenvalue weighted by atomic mass is 14.9. The minimum atomic E-state index is -0.0401. The maximum Gasteiger partial charge on any atom is 0.0485 e. The predicted octanol–water partition coefficient (Wildman–Crippen LogP) is 18.1. The number of rotatable bonds is 8. The summed E-state index contributed by atoms with van der Waals surface area (Å²) < 4.78 is 0. The van der Waals surface area contributed by atoms with Crippen LogP contribution in [-0.4, -0.2) is 6.04 Å². The maximum absolute atomic E-state index is 3.84. The van der Waals surface area contributed by atoms with Crippen LogP contribution < -0.4 is 10.6 Å². The minimum absolute atomic E-state index is 0.0401. The van der Waals surface area contributed by atoms with Crippen LogP contribution in [0, 0.1) is 0 Å². The third-order valence-electron chi connectivity index (χ3n) is 13.4. The Labute approximate surface area is 408 Å². The summed E-state index contributed by atoms with van der Waals surface area (Å²) in [7, 11) is 0. The van der Waals surface area contributed by atoms with Gasteiger partial charge in [-0.3, -0.25) is 0 Å². The summed E-state index contributed by atoms with van der Waals surface area (Å²) in [6.07, 6.45) is 5.68. The number of anilines is 3. The SMILES string of the molecule is CC1(C)C2=C(C=CC(Nc3cccc4ccccc34)C2)c2ccc(Nc3ccc(-c4ccc(-c5ccccc5)cc4)cc3)cc21.c1ccc(-c2ccc(-c3ccccc3)cc2)cc1.c1ccccc1. The third-order valence-corrected chi connectivity index (χ3v) is 13.4. The first kappa shape index (κ1) is 44.4. The van der Waals surface area contributed by atoms with Crippen LogP contribution in [0.4, 0.5) is 17.1 Å². The average molecular weight is 889 g/mol. The molecule has 0 spiro atoms. The standard InChI is InChI=1S/C43H36N2.C18H14.C6H6/c1-43(2)40-27-35(44-34-21-19-32(20-22-34)31-17-15-30(16-18-31)29-9-4-3-5-10-29)23-25-38(40)39-26-24-36(28-41(39)43)45-42-14-8-12-33-11-6-7-13-37(33)42;1-3-7-15(8-4-1)17-11-13-18(14-12-17)16-9-5-2-6-10-16;1-2-4-6-5-3-1/h3-27,36,44-45H,28H2,1-2H3;1-14H;1-6H. The third kappa shape index (κ3) is 10.3. The van der Waals surface area contributed by atoms with E-state index in [2.05, 4.69) is 249 Å². The van der Waals surface area contributed by atoms with E-state index in [4.69, 9.17) is 0 Å². The Morgan fingerprint density at radius 1 is 0.391 bits per heavy atom. The summed E-state index contributed by atoms with van der Waals surface area (Å²) in [6, 6.07) is 92.0. The van der Waals surface area contributed by atoms with E-state index in [0.29, 0.717) is 0 Å². The number of fused-ring (bicyclic) bond motifs is 3. The van der Waals surface area contributed by atoms with Gasteiger partial charge < -0.3 is 10.6 Å². The second-order valence-electron chi connectivity index (χ2n) is 18.2. The molecule has 2 aliphatic carbocycles. The molecular formula is C67H56N2. The van der Waals surface area contributed by atoms with Gasteiger partial charge >= 0.3 is 0 Å². The van der Waals surface area contributed by atoms with Gasteiger partial charge in [0.15, 0.2) is 0 Å². The topological polar surface area (TPSA) is 24.1 Å². The van der Waals surface area contributed by atoms with Gasteiger partial charge in [0.25, 0.3) is 0 Å². The summed E-state index contributed by atoms with van der Waals surface area (Å²) in [5.74, 6) is 0. The molecule has 0 aliphatic heterocycles. The van der Waals surface area contributed by atoms with Crippen LogP contribution in [0.1, 0.15) is 31.4 Å². The van der Waals surface area contributed by atoms with E-state index in [9.17, 15) is 0 Å². The zero-order valence-corrected chi connectivity index (χ0v) is 39.3. The summed E-state index contributed by atoms with van der Waals surface area (Å²) in [4.78, 5) is 0. The first-order valence-corrected chi connectivity index (χ1v) is 24.0. The van der Waals surface area contributed by atoms with Crippen molar-refractivity contribution in [3.05, 3.63) is 290 Å². The molecule has 12 rings (SSSR count). The van der Waals surface area contributed by atoms with Gasteiger partial charge in [0.05, 0.1) is 0 Å². The predicted molar refractivity (Wildman–Crippen MR) is 296 cm³/mol. The van der Waals surface area contributed by atoms with Crippen molar-refractivity contribution >= 4 is 33.4 Å². The second kappa shape index (κ2) is 20.6. The smallest absolute Gasteiger partial charge is 0.0485 e. The van der Waals surface area contributed by atoms with E-state index in [0.717, 1.165) is 17.8 Å². The van der Waals surface area contributed by atoms with Gasteiger partial charge in [-0.05, 0) is 109 Å². The fraction of sp³-hybridized carbons (Fsp3) is 0.0746. The van der Waals surface area contributed by atoms with Gasteiger partial charge in [-0.1, -0.05) is 257 Å². The fourth-order valence-corrected chi connectivity index (χ4v) is 9.64. The van der Waals surface area contributed by atoms with Crippen molar-refractivity contribution in [2.45, 2.75) is 31.7 Å². The van der Waals surface area contributed by atoms with Crippen LogP contribution in [0.5, 0.6) is 0 Å². The van der Waals surface area contributed by atoms with Crippen LogP contribution in [0.3, 0.4) is 0 Å². The molecule has 2 N–H and O–H groups in total. The molecule has 0 bridgehead atoms. The van der Waals surface area contributed by atoms with E-state index in [1.807, 2.05) is 48.5 Å². The van der Waals surface area contributed by atoms with Gasteiger partial charge in [0, 0.05) is 33.9 Å². The molecule has 1 atom stereocenters. The van der Waals surface area contributed by atoms with E-state index in [1.54, 1.807) is 0 Å². The molecule has 10 aromatic rings. The first-order valence-electron chi connectivity index (χ1n) is 24.0. The summed E-state index contributed by atoms with van der Waals surface area (Å²) >= 11 is 0. The van der Waals surface area contributed by atoms with Crippen molar-refractivity contribution in [3.8, 4) is 44.5 Å². The lowest BCUT2D eigenvalue weighted by atomic mass is 9.77. The largest absolute Gasteiger partial charge is 0.378 e. The summed E-state index contributed by atoms with van der Waals surface area (Å²) in [5, 5.41) is 10.0. The number of benzene rings is 10. The highest BCUT2D eigenvalue weighted by molar-refractivity contribution is 5.94. The van der Waals surface area contributed by atoms with E-state index in [1.165, 1.54) is 83.2 Å². The Bertz CT molecular complexity index is 3230. The number of hydrogen-bond donors (Lipinski definition) is 2. The summed E-state index contributed by atoms with van der Waals surface area (Å²) in [6.45, 7) is 4.76. The van der Waals surface area contributed by atoms with Crippen molar-refractivity contribution in [2.75, 3.05) is 10.6 Å². The molecule has 0 amide bonds. The molecule has 10 aromatic carbocycles. The van der Waals surface area contributed by atoms with Gasteiger partial charge in [-0.25, -0.2) is 0 Å². The normalized spacial score (nSPS) is 14.0. The van der Waals surface area contributed by atoms with Crippen LogP contribution >= 0.6 is 0 Å². The molecule has 2 nitrogen and oxygen atoms in total. The van der Waals surface area contributed by atoms with Gasteiger partial charge in [-0.2, -0.15) is 0 Å². The highest BCUT2D eigenvalue weighted by Gasteiger charge is 2.39. The molecule has 0 heterocycles. The Balaban J connectivity index is 0.000000188. The number of nitrogens with one attached hydrogen (secondary N) is 2. The highest BCUT2D eigenvalue weighted by Crippen LogP contribution is 2.51. The maximum atomic E-state index is 3.84. The van der Waals surface area contributed by atoms with Crippen LogP contribution in [0.15, 0.2) is 279 Å². The lowest BCUT2D eigenvalue weighted by Crippen LogP contribution is -2.26. The molecule has 69 heavy (non-hydrogen) atoms. The van der Waals surface area contributed by atoms with Gasteiger partial charge in [0.1, 0.15) is 0 Å². The molecule has 0 radical (unpaired) electrons. The van der Waals surface area contributed by atoms with Crippen LogP contribution in [0.2, 0.25) is 0 Å². The Morgan fingerprint density at radius 2 is 0.797 bits per heavy atom. The van der Waals surface area contributed by atoms with Crippen molar-refractivity contribution in [3.63, 3.8) is 0 Å². The zero-order chi connectivity index (χ0) is 46.8. The van der Waals surface area contributed by atoms with Gasteiger partial charge in [0.2, 0.25) is 0 Å². The molecule has 0 fully saturated rings. The molecule has 2 aliphatic rings. The molecule has 2 heteroatoms. The van der Waals surface area contributed by atoms with E-state index >= 15 is 0 Å². The Morgan fingerprint density at radius 3 is 1.30 bits per heavy atom. The van der Waals surface area contributed by atoms with Crippen molar-refractivity contribution < 1.29 is 0 Å². The van der Waals surface area contributed by atoms with E-state index < -0.39 is 0 Å². The molecule has 1 unspecified atom stereocenters. The van der Waals surface area contributed by atoms with Crippen molar-refractivity contribution in [1.29, 1.82) is 0 Å². The average Bonchev–Trinajstić information content (AvgIpc) is 3.65. The second-order valence-corrected chi connectivity index (χ2v) is 18.2. The van der Waals surface area contributed by atoms with Crippen molar-refractivity contribution in [2.24, 2.45) is 0 Å². The quantitative estimate of drug-likeness (QED) is 0.159. The lowest BCUT2D eigenvalue weighted by molar-refractivity contribution is 0.596. The van der Waals surface area contributed by atoms with Crippen LogP contribution in [-0.2, 0) is 5.41 Å². The zero-order valence-electron chi connectivity index (χ0n) is 39.3. The first-order chi connectivity index (χ1) is 34.0.